The van der Waals surface area contributed by atoms with Gasteiger partial charge in [0.05, 0.1) is 22.6 Å². The normalized spacial score (nSPS) is 11.5. The van der Waals surface area contributed by atoms with Crippen LogP contribution in [0.4, 0.5) is 16.2 Å². The highest BCUT2D eigenvalue weighted by atomic mass is 16.5. The predicted octanol–water partition coefficient (Wildman–Crippen LogP) is 1.71. The van der Waals surface area contributed by atoms with E-state index in [1.54, 1.807) is 30.8 Å². The number of carbonyl (C=O) groups excluding carboxylic acids is 3. The van der Waals surface area contributed by atoms with Crippen molar-refractivity contribution in [2.24, 2.45) is 12.8 Å². The van der Waals surface area contributed by atoms with Crippen LogP contribution in [0, 0.1) is 13.8 Å². The van der Waals surface area contributed by atoms with E-state index in [9.17, 15) is 14.4 Å². The van der Waals surface area contributed by atoms with Gasteiger partial charge in [0.25, 0.3) is 5.91 Å². The van der Waals surface area contributed by atoms with Crippen molar-refractivity contribution in [2.45, 2.75) is 26.9 Å². The number of urea groups is 1. The zero-order valence-corrected chi connectivity index (χ0v) is 15.0. The van der Waals surface area contributed by atoms with Gasteiger partial charge in [-0.3, -0.25) is 9.48 Å². The second-order valence-corrected chi connectivity index (χ2v) is 5.78. The Morgan fingerprint density at radius 1 is 1.23 bits per heavy atom. The number of aryl methyl sites for hydroxylation is 2. The van der Waals surface area contributed by atoms with Crippen LogP contribution in [-0.4, -0.2) is 33.8 Å². The Labute approximate surface area is 150 Å². The van der Waals surface area contributed by atoms with Gasteiger partial charge in [0, 0.05) is 12.7 Å². The highest BCUT2D eigenvalue weighted by Crippen LogP contribution is 2.19. The van der Waals surface area contributed by atoms with E-state index in [1.807, 2.05) is 6.92 Å². The molecule has 2 rings (SSSR count). The molecular weight excluding hydrogens is 338 g/mol. The number of hydrogen-bond acceptors (Lipinski definition) is 5. The minimum atomic E-state index is -1.02. The molecule has 1 aromatic carbocycles. The molecular formula is C17H21N5O4. The Balaban J connectivity index is 2.04. The lowest BCUT2D eigenvalue weighted by Gasteiger charge is -2.14. The molecule has 0 aliphatic heterocycles. The van der Waals surface area contributed by atoms with Gasteiger partial charge in [-0.05, 0) is 39.0 Å². The molecule has 0 bridgehead atoms. The third kappa shape index (κ3) is 4.38. The highest BCUT2D eigenvalue weighted by Gasteiger charge is 2.21. The lowest BCUT2D eigenvalue weighted by Crippen LogP contribution is -2.30. The van der Waals surface area contributed by atoms with E-state index >= 15 is 0 Å². The van der Waals surface area contributed by atoms with Crippen LogP contribution in [0.15, 0.2) is 24.3 Å². The minimum Gasteiger partial charge on any atom is -0.449 e. The number of aromatic nitrogens is 2. The fraction of sp³-hybridized carbons (Fsp3) is 0.294. The van der Waals surface area contributed by atoms with Crippen LogP contribution < -0.4 is 16.4 Å². The molecule has 2 aromatic rings. The molecule has 0 fully saturated rings. The highest BCUT2D eigenvalue weighted by molar-refractivity contribution is 5.98. The summed E-state index contributed by atoms with van der Waals surface area (Å²) < 4.78 is 6.85. The van der Waals surface area contributed by atoms with E-state index in [0.29, 0.717) is 17.1 Å². The summed E-state index contributed by atoms with van der Waals surface area (Å²) in [6.07, 6.45) is -1.02. The Bertz CT molecular complexity index is 859. The molecule has 1 heterocycles. The van der Waals surface area contributed by atoms with Crippen molar-refractivity contribution in [2.75, 3.05) is 10.6 Å². The maximum Gasteiger partial charge on any atom is 0.338 e. The van der Waals surface area contributed by atoms with Crippen molar-refractivity contribution >= 4 is 29.3 Å². The Morgan fingerprint density at radius 2 is 1.92 bits per heavy atom. The molecule has 0 aliphatic carbocycles. The van der Waals surface area contributed by atoms with Gasteiger partial charge >= 0.3 is 12.0 Å². The number of esters is 1. The number of nitrogens with one attached hydrogen (secondary N) is 2. The third-order valence-electron chi connectivity index (χ3n) is 3.78. The lowest BCUT2D eigenvalue weighted by atomic mass is 10.2. The van der Waals surface area contributed by atoms with Crippen molar-refractivity contribution in [3.8, 4) is 0 Å². The van der Waals surface area contributed by atoms with Crippen LogP contribution in [0.25, 0.3) is 0 Å². The average molecular weight is 359 g/mol. The number of anilines is 2. The van der Waals surface area contributed by atoms with Crippen molar-refractivity contribution < 1.29 is 19.1 Å². The molecule has 9 heteroatoms. The Morgan fingerprint density at radius 3 is 2.50 bits per heavy atom. The summed E-state index contributed by atoms with van der Waals surface area (Å²) in [5, 5.41) is 9.30. The van der Waals surface area contributed by atoms with Gasteiger partial charge < -0.3 is 21.1 Å². The number of primary amides is 1. The summed E-state index contributed by atoms with van der Waals surface area (Å²) in [5.41, 5.74) is 7.63. The zero-order valence-electron chi connectivity index (χ0n) is 15.0. The average Bonchev–Trinajstić information content (AvgIpc) is 2.80. The first-order chi connectivity index (χ1) is 12.2. The summed E-state index contributed by atoms with van der Waals surface area (Å²) in [6, 6.07) is 5.31. The molecule has 9 nitrogen and oxygen atoms in total. The lowest BCUT2D eigenvalue weighted by molar-refractivity contribution is -0.123. The van der Waals surface area contributed by atoms with E-state index in [0.717, 1.165) is 5.69 Å². The minimum absolute atomic E-state index is 0.185. The van der Waals surface area contributed by atoms with Crippen molar-refractivity contribution in [1.29, 1.82) is 0 Å². The maximum absolute atomic E-state index is 12.3. The molecule has 3 amide bonds. The van der Waals surface area contributed by atoms with Gasteiger partial charge in [-0.15, -0.1) is 0 Å². The second kappa shape index (κ2) is 7.68. The second-order valence-electron chi connectivity index (χ2n) is 5.78. The number of rotatable bonds is 5. The van der Waals surface area contributed by atoms with Gasteiger partial charge in [-0.1, -0.05) is 6.07 Å². The number of nitrogens with zero attached hydrogens (tertiary/aromatic N) is 2. The fourth-order valence-electron chi connectivity index (χ4n) is 2.33. The van der Waals surface area contributed by atoms with E-state index in [1.165, 1.54) is 19.1 Å². The molecule has 0 spiro atoms. The number of benzene rings is 1. The van der Waals surface area contributed by atoms with Crippen LogP contribution in [0.2, 0.25) is 0 Å². The summed E-state index contributed by atoms with van der Waals surface area (Å²) in [4.78, 5) is 35.4. The topological polar surface area (TPSA) is 128 Å². The largest absolute Gasteiger partial charge is 0.449 e. The summed E-state index contributed by atoms with van der Waals surface area (Å²) in [6.45, 7) is 5.07. The Hall–Kier alpha value is -3.36. The van der Waals surface area contributed by atoms with Gasteiger partial charge in [0.2, 0.25) is 0 Å². The molecule has 0 aliphatic rings. The van der Waals surface area contributed by atoms with E-state index in [-0.39, 0.29) is 5.56 Å². The zero-order chi connectivity index (χ0) is 19.4. The molecule has 138 valence electrons. The Kier molecular flexibility index (Phi) is 5.61. The van der Waals surface area contributed by atoms with Gasteiger partial charge in [0.15, 0.2) is 6.10 Å². The fourth-order valence-corrected chi connectivity index (χ4v) is 2.33. The molecule has 4 N–H and O–H groups in total. The first-order valence-electron chi connectivity index (χ1n) is 7.87. The van der Waals surface area contributed by atoms with Crippen LogP contribution >= 0.6 is 0 Å². The summed E-state index contributed by atoms with van der Waals surface area (Å²) in [7, 11) is 1.77. The first-order valence-corrected chi connectivity index (χ1v) is 7.87. The monoisotopic (exact) mass is 359 g/mol. The number of amides is 3. The van der Waals surface area contributed by atoms with Crippen LogP contribution in [0.1, 0.15) is 28.7 Å². The van der Waals surface area contributed by atoms with Gasteiger partial charge in [-0.25, -0.2) is 9.59 Å². The number of carbonyl (C=O) groups is 3. The SMILES string of the molecule is Cc1nn(C)c(C)c1NC(=O)[C@H](C)OC(=O)c1cccc(NC(N)=O)c1. The molecule has 26 heavy (non-hydrogen) atoms. The predicted molar refractivity (Wildman–Crippen MR) is 95.8 cm³/mol. The van der Waals surface area contributed by atoms with Crippen LogP contribution in [-0.2, 0) is 16.6 Å². The molecule has 0 saturated heterocycles. The summed E-state index contributed by atoms with van der Waals surface area (Å²) in [5.74, 6) is -1.16. The van der Waals surface area contributed by atoms with Crippen molar-refractivity contribution in [3.63, 3.8) is 0 Å². The summed E-state index contributed by atoms with van der Waals surface area (Å²) >= 11 is 0. The maximum atomic E-state index is 12.3. The number of ether oxygens (including phenoxy) is 1. The van der Waals surface area contributed by atoms with Crippen molar-refractivity contribution in [1.82, 2.24) is 9.78 Å². The van der Waals surface area contributed by atoms with E-state index in [2.05, 4.69) is 15.7 Å². The van der Waals surface area contributed by atoms with Crippen LogP contribution in [0.3, 0.4) is 0 Å². The molecule has 0 unspecified atom stereocenters. The van der Waals surface area contributed by atoms with E-state index < -0.39 is 24.0 Å². The molecule has 1 aromatic heterocycles. The molecule has 0 saturated carbocycles. The number of hydrogen-bond donors (Lipinski definition) is 3. The number of nitrogens with two attached hydrogens (primary N) is 1. The standard InChI is InChI=1S/C17H21N5O4/c1-9-14(10(2)22(4)21-9)20-15(23)11(3)26-16(24)12-6-5-7-13(8-12)19-17(18)25/h5-8,11H,1-4H3,(H,20,23)(H3,18,19,25)/t11-/m0/s1. The van der Waals surface area contributed by atoms with E-state index in [4.69, 9.17) is 10.5 Å². The van der Waals surface area contributed by atoms with Gasteiger partial charge in [-0.2, -0.15) is 5.10 Å². The first kappa shape index (κ1) is 19.0. The molecule has 0 radical (unpaired) electrons. The third-order valence-corrected chi connectivity index (χ3v) is 3.78. The smallest absolute Gasteiger partial charge is 0.338 e. The van der Waals surface area contributed by atoms with Gasteiger partial charge in [0.1, 0.15) is 0 Å². The molecule has 1 atom stereocenters. The van der Waals surface area contributed by atoms with Crippen molar-refractivity contribution in [3.05, 3.63) is 41.2 Å². The quantitative estimate of drug-likeness (QED) is 0.700. The van der Waals surface area contributed by atoms with Crippen LogP contribution in [0.5, 0.6) is 0 Å².